The molecule has 0 radical (unpaired) electrons. The zero-order valence-electron chi connectivity index (χ0n) is 57.1. The molecule has 0 aromatic heterocycles. The second-order valence-electron chi connectivity index (χ2n) is 22.2. The molecule has 0 rings (SSSR count). The first-order valence-corrected chi connectivity index (χ1v) is 42.5. The summed E-state index contributed by atoms with van der Waals surface area (Å²) >= 11 is 0. The Labute approximate surface area is 572 Å². The molecule has 31 heteroatoms. The fraction of sp³-hybridized carbons (Fsp3) is 0.933. The van der Waals surface area contributed by atoms with Crippen LogP contribution in [0.4, 0.5) is 0 Å². The molecule has 1 unspecified atom stereocenters. The number of rotatable bonds is 64. The van der Waals surface area contributed by atoms with Crippen LogP contribution in [0.5, 0.6) is 0 Å². The van der Waals surface area contributed by atoms with Crippen LogP contribution in [0.3, 0.4) is 0 Å². The molecule has 0 aliphatic rings. The number of phosphoric acid groups is 6. The minimum atomic E-state index is -5.44. The fourth-order valence-corrected chi connectivity index (χ4v) is 14.6. The largest absolute Gasteiger partial charge is 4.00 e. The summed E-state index contributed by atoms with van der Waals surface area (Å²) in [5.41, 5.74) is -0.411. The zero-order chi connectivity index (χ0) is 68.6. The van der Waals surface area contributed by atoms with Gasteiger partial charge in [-0.25, -0.2) is 4.57 Å². The van der Waals surface area contributed by atoms with Crippen LogP contribution in [0.2, 0.25) is 0 Å². The van der Waals surface area contributed by atoms with Crippen LogP contribution < -0.4 is 34.5 Å². The van der Waals surface area contributed by atoms with E-state index in [1.54, 1.807) is 12.2 Å². The molecular formula is C60H126O24P6Zr. The van der Waals surface area contributed by atoms with E-state index in [2.05, 4.69) is 67.6 Å². The molecule has 0 aliphatic heterocycles. The van der Waals surface area contributed by atoms with E-state index < -0.39 is 53.4 Å². The number of phosphoric ester groups is 3. The van der Waals surface area contributed by atoms with Crippen LogP contribution in [0.15, 0.2) is 25.3 Å². The third-order valence-corrected chi connectivity index (χ3v) is 21.3. The second-order valence-corrected chi connectivity index (χ2v) is 31.2. The minimum absolute atomic E-state index is 0. The predicted molar refractivity (Wildman–Crippen MR) is 349 cm³/mol. The van der Waals surface area contributed by atoms with Gasteiger partial charge in [0.25, 0.3) is 0 Å². The molecule has 0 spiro atoms. The van der Waals surface area contributed by atoms with Gasteiger partial charge in [0.1, 0.15) is 7.82 Å². The van der Waals surface area contributed by atoms with Crippen LogP contribution in [0.1, 0.15) is 286 Å². The Morgan fingerprint density at radius 2 is 0.604 bits per heavy atom. The Bertz CT molecular complexity index is 1470. The molecule has 0 aromatic rings. The van der Waals surface area contributed by atoms with Gasteiger partial charge in [-0.05, 0) is 44.9 Å². The molecule has 544 valence electrons. The molecule has 0 aliphatic carbocycles. The Morgan fingerprint density at radius 1 is 0.385 bits per heavy atom. The maximum atomic E-state index is 12.3. The van der Waals surface area contributed by atoms with Crippen molar-refractivity contribution in [3.05, 3.63) is 25.3 Å². The van der Waals surface area contributed by atoms with Gasteiger partial charge in [-0.15, -0.1) is 24.1 Å². The Hall–Kier alpha value is 1.50. The van der Waals surface area contributed by atoms with Gasteiger partial charge < -0.3 is 63.2 Å². The van der Waals surface area contributed by atoms with Gasteiger partial charge in [0.2, 0.25) is 0 Å². The molecule has 0 heterocycles. The van der Waals surface area contributed by atoms with Crippen molar-refractivity contribution in [1.29, 1.82) is 0 Å². The van der Waals surface area contributed by atoms with Crippen molar-refractivity contribution >= 4 is 48.0 Å². The maximum absolute atomic E-state index is 12.3. The van der Waals surface area contributed by atoms with Gasteiger partial charge >= 0.3 is 66.4 Å². The van der Waals surface area contributed by atoms with Crippen molar-refractivity contribution in [3.8, 4) is 0 Å². The van der Waals surface area contributed by atoms with E-state index >= 15 is 0 Å². The summed E-state index contributed by atoms with van der Waals surface area (Å²) in [7, 11) is -28.4. The van der Waals surface area contributed by atoms with Crippen LogP contribution in [-0.4, -0.2) is 87.4 Å². The first-order chi connectivity index (χ1) is 42.7. The van der Waals surface area contributed by atoms with Crippen molar-refractivity contribution in [2.75, 3.05) is 72.7 Å². The average molecular weight is 1510 g/mol. The smallest absolute Gasteiger partial charge is 0.854 e. The molecular weight excluding hydrogens is 1380 g/mol. The van der Waals surface area contributed by atoms with Gasteiger partial charge in [-0.3, -0.25) is 4.57 Å². The van der Waals surface area contributed by atoms with Crippen molar-refractivity contribution in [2.24, 2.45) is 5.41 Å². The maximum Gasteiger partial charge on any atom is 4.00 e. The molecule has 0 saturated carbocycles. The normalized spacial score (nSPS) is 12.8. The topological polar surface area (TPSA) is 375 Å². The van der Waals surface area contributed by atoms with Gasteiger partial charge in [0.15, 0.2) is 0 Å². The Morgan fingerprint density at radius 3 is 0.791 bits per heavy atom. The van der Waals surface area contributed by atoms with E-state index in [9.17, 15) is 48.2 Å². The van der Waals surface area contributed by atoms with E-state index in [-0.39, 0.29) is 72.5 Å². The third kappa shape index (κ3) is 77.1. The fourth-order valence-electron chi connectivity index (χ4n) is 8.13. The summed E-state index contributed by atoms with van der Waals surface area (Å²) in [6.07, 6.45) is 40.3. The summed E-state index contributed by atoms with van der Waals surface area (Å²) in [5, 5.41) is 11.2. The summed E-state index contributed by atoms with van der Waals surface area (Å²) in [4.78, 5) is 96.0. The van der Waals surface area contributed by atoms with Gasteiger partial charge in [-0.2, -0.15) is 31.5 Å². The number of unbranched alkanes of at least 4 members (excludes halogenated alkanes) is 30. The van der Waals surface area contributed by atoms with Crippen molar-refractivity contribution in [1.82, 2.24) is 0 Å². The van der Waals surface area contributed by atoms with E-state index in [0.717, 1.165) is 161 Å². The van der Waals surface area contributed by atoms with E-state index in [4.69, 9.17) is 51.3 Å². The Balaban J connectivity index is -0.000000366. The summed E-state index contributed by atoms with van der Waals surface area (Å²) in [6.45, 7) is 23.9. The molecule has 0 aromatic carbocycles. The number of hydrogen-bond acceptors (Lipinski definition) is 21. The van der Waals surface area contributed by atoms with E-state index in [0.29, 0.717) is 65.0 Å². The van der Waals surface area contributed by atoms with Gasteiger partial charge in [0.05, 0.1) is 66.1 Å². The van der Waals surface area contributed by atoms with Gasteiger partial charge in [-0.1, -0.05) is 258 Å². The van der Waals surface area contributed by atoms with Crippen molar-refractivity contribution < 1.29 is 139 Å². The molecule has 0 fully saturated rings. The van der Waals surface area contributed by atoms with Crippen LogP contribution >= 0.6 is 48.0 Å². The standard InChI is InChI=1S/3C16H36O7P2.C12H21O3.Zr/c3*1-3-5-7-9-11-13-15-21-25(20,23-24(17,18)19)22-16-14-12-10-8-6-4-2;1-4-7-14-10-12(6-3,9-13)11-15-8-5-2;/h3*3-16H2,1-2H3,(H2,17,18,19);4-5H,1-2,6-11H2,3H3;/q;;;-1;+4/p-3. The Kier molecular flexibility index (Phi) is 76.3. The minimum Gasteiger partial charge on any atom is -0.854 e. The van der Waals surface area contributed by atoms with Crippen LogP contribution in [0.25, 0.3) is 0 Å². The zero-order valence-corrected chi connectivity index (χ0v) is 64.9. The number of ether oxygens (including phenoxy) is 2. The summed E-state index contributed by atoms with van der Waals surface area (Å²) in [6, 6.07) is 0. The van der Waals surface area contributed by atoms with Crippen LogP contribution in [0, 0.1) is 5.41 Å². The second kappa shape index (κ2) is 68.6. The molecule has 0 saturated heterocycles. The van der Waals surface area contributed by atoms with E-state index in [1.165, 1.54) is 38.5 Å². The summed E-state index contributed by atoms with van der Waals surface area (Å²) in [5.74, 6) is 0. The van der Waals surface area contributed by atoms with Crippen molar-refractivity contribution in [3.63, 3.8) is 0 Å². The first kappa shape index (κ1) is 101. The van der Waals surface area contributed by atoms with Crippen LogP contribution in [-0.2, 0) is 89.4 Å². The molecule has 24 nitrogen and oxygen atoms in total. The monoisotopic (exact) mass is 1510 g/mol. The SMILES string of the molecule is C=CCOCC(CC)(C[O-])COCC=C.CCCCCCCCO[P+]([O-])(OCCCCCCCC)OP(=O)(O)O.CCCCCCCCO[P+]([O-])(OCCCCCCCC)OP(=O)([O-])O.CCCCCCCCO[P+]([O-])(OCCCCCCCC)OP(=O)([O-])[O-].[Zr+4]. The quantitative estimate of drug-likeness (QED) is 0.0289. The predicted octanol–water partition coefficient (Wildman–Crippen LogP) is 13.9. The molecule has 0 amide bonds. The molecule has 91 heavy (non-hydrogen) atoms. The first-order valence-electron chi connectivity index (χ1n) is 33.6. The molecule has 3 N–H and O–H groups in total. The van der Waals surface area contributed by atoms with Gasteiger partial charge in [0, 0.05) is 5.41 Å². The third-order valence-electron chi connectivity index (χ3n) is 13.4. The average Bonchev–Trinajstić information content (AvgIpc) is 2.92. The summed E-state index contributed by atoms with van der Waals surface area (Å²) < 4.78 is 86.1. The number of hydrogen-bond donors (Lipinski definition) is 3. The molecule has 0 bridgehead atoms. The van der Waals surface area contributed by atoms with E-state index in [1.807, 2.05) is 6.92 Å². The molecule has 1 atom stereocenters. The van der Waals surface area contributed by atoms with Crippen molar-refractivity contribution in [2.45, 2.75) is 286 Å².